The molecule has 0 aromatic heterocycles. The molecule has 1 saturated carbocycles. The maximum atomic E-state index is 12.1. The Morgan fingerprint density at radius 2 is 1.90 bits per heavy atom. The van der Waals surface area contributed by atoms with Gasteiger partial charge in [-0.1, -0.05) is 6.42 Å². The molecule has 114 valence electrons. The summed E-state index contributed by atoms with van der Waals surface area (Å²) < 4.78 is 5.26. The summed E-state index contributed by atoms with van der Waals surface area (Å²) in [7, 11) is 0. The fraction of sp³-hybridized carbons (Fsp3) is 0.500. The minimum absolute atomic E-state index is 0.0853. The van der Waals surface area contributed by atoms with Crippen molar-refractivity contribution in [1.82, 2.24) is 5.32 Å². The molecule has 1 aliphatic rings. The van der Waals surface area contributed by atoms with Crippen molar-refractivity contribution in [2.45, 2.75) is 33.1 Å². The standard InChI is InChI=1S/C16H21NO4/c1-10-6-13(16(20)17-8-12-4-3-5-12)7-11(2)15(10)21-9-14(18)19/h6-7,12H,3-5,8-9H2,1-2H3,(H,17,20)(H,18,19). The van der Waals surface area contributed by atoms with Gasteiger partial charge in [0.1, 0.15) is 5.75 Å². The summed E-state index contributed by atoms with van der Waals surface area (Å²) >= 11 is 0. The number of rotatable bonds is 6. The number of hydrogen-bond donors (Lipinski definition) is 2. The van der Waals surface area contributed by atoms with Crippen molar-refractivity contribution in [3.8, 4) is 5.75 Å². The Morgan fingerprint density at radius 1 is 1.29 bits per heavy atom. The number of carboxylic acids is 1. The Hall–Kier alpha value is -2.04. The van der Waals surface area contributed by atoms with Crippen LogP contribution in [0.25, 0.3) is 0 Å². The van der Waals surface area contributed by atoms with Crippen LogP contribution in [0.1, 0.15) is 40.7 Å². The Kier molecular flexibility index (Phi) is 4.83. The zero-order valence-corrected chi connectivity index (χ0v) is 12.4. The van der Waals surface area contributed by atoms with Crippen LogP contribution in [-0.2, 0) is 4.79 Å². The number of carbonyl (C=O) groups excluding carboxylic acids is 1. The highest BCUT2D eigenvalue weighted by molar-refractivity contribution is 5.94. The van der Waals surface area contributed by atoms with Crippen molar-refractivity contribution >= 4 is 11.9 Å². The molecule has 2 N–H and O–H groups in total. The number of benzene rings is 1. The van der Waals surface area contributed by atoms with Crippen molar-refractivity contribution in [2.75, 3.05) is 13.2 Å². The van der Waals surface area contributed by atoms with Gasteiger partial charge in [-0.3, -0.25) is 4.79 Å². The van der Waals surface area contributed by atoms with Crippen LogP contribution >= 0.6 is 0 Å². The lowest BCUT2D eigenvalue weighted by Crippen LogP contribution is -2.32. The van der Waals surface area contributed by atoms with Crippen LogP contribution in [0.3, 0.4) is 0 Å². The molecular formula is C16H21NO4. The quantitative estimate of drug-likeness (QED) is 0.843. The minimum atomic E-state index is -1.02. The van der Waals surface area contributed by atoms with Gasteiger partial charge in [0, 0.05) is 12.1 Å². The average molecular weight is 291 g/mol. The molecule has 0 heterocycles. The third-order valence-electron chi connectivity index (χ3n) is 3.84. The van der Waals surface area contributed by atoms with E-state index in [0.29, 0.717) is 17.2 Å². The predicted molar refractivity (Wildman–Crippen MR) is 78.7 cm³/mol. The maximum Gasteiger partial charge on any atom is 0.341 e. The van der Waals surface area contributed by atoms with Crippen LogP contribution in [0, 0.1) is 19.8 Å². The number of hydrogen-bond acceptors (Lipinski definition) is 3. The van der Waals surface area contributed by atoms with E-state index >= 15 is 0 Å². The van der Waals surface area contributed by atoms with Gasteiger partial charge in [0.05, 0.1) is 0 Å². The average Bonchev–Trinajstić information content (AvgIpc) is 2.35. The first kappa shape index (κ1) is 15.4. The molecular weight excluding hydrogens is 270 g/mol. The number of amides is 1. The van der Waals surface area contributed by atoms with E-state index in [2.05, 4.69) is 5.32 Å². The van der Waals surface area contributed by atoms with E-state index in [0.717, 1.165) is 17.7 Å². The molecule has 2 rings (SSSR count). The van der Waals surface area contributed by atoms with Crippen molar-refractivity contribution in [2.24, 2.45) is 5.92 Å². The molecule has 1 aliphatic carbocycles. The van der Waals surface area contributed by atoms with E-state index in [9.17, 15) is 9.59 Å². The smallest absolute Gasteiger partial charge is 0.341 e. The van der Waals surface area contributed by atoms with E-state index in [-0.39, 0.29) is 12.5 Å². The Balaban J connectivity index is 2.03. The topological polar surface area (TPSA) is 75.6 Å². The van der Waals surface area contributed by atoms with Gasteiger partial charge in [-0.05, 0) is 55.9 Å². The SMILES string of the molecule is Cc1cc(C(=O)NCC2CCC2)cc(C)c1OCC(=O)O. The number of carboxylic acid groups (broad SMARTS) is 1. The van der Waals surface area contributed by atoms with Crippen LogP contribution in [0.15, 0.2) is 12.1 Å². The first-order chi connectivity index (χ1) is 9.97. The maximum absolute atomic E-state index is 12.1. The monoisotopic (exact) mass is 291 g/mol. The van der Waals surface area contributed by atoms with Gasteiger partial charge in [-0.25, -0.2) is 4.79 Å². The Morgan fingerprint density at radius 3 is 2.38 bits per heavy atom. The molecule has 1 amide bonds. The summed E-state index contributed by atoms with van der Waals surface area (Å²) in [6.45, 7) is 3.98. The summed E-state index contributed by atoms with van der Waals surface area (Å²) in [5, 5.41) is 11.6. The second-order valence-electron chi connectivity index (χ2n) is 5.63. The highest BCUT2D eigenvalue weighted by Gasteiger charge is 2.19. The number of ether oxygens (including phenoxy) is 1. The second-order valence-corrected chi connectivity index (χ2v) is 5.63. The van der Waals surface area contributed by atoms with Gasteiger partial charge in [0.2, 0.25) is 0 Å². The minimum Gasteiger partial charge on any atom is -0.481 e. The van der Waals surface area contributed by atoms with Crippen molar-refractivity contribution in [3.05, 3.63) is 28.8 Å². The third kappa shape index (κ3) is 3.97. The van der Waals surface area contributed by atoms with Crippen molar-refractivity contribution in [3.63, 3.8) is 0 Å². The molecule has 5 nitrogen and oxygen atoms in total. The van der Waals surface area contributed by atoms with Gasteiger partial charge < -0.3 is 15.2 Å². The summed E-state index contributed by atoms with van der Waals surface area (Å²) in [6, 6.07) is 3.47. The third-order valence-corrected chi connectivity index (χ3v) is 3.84. The molecule has 0 radical (unpaired) electrons. The summed E-state index contributed by atoms with van der Waals surface area (Å²) in [5.74, 6) is 0.0521. The van der Waals surface area contributed by atoms with Crippen LogP contribution in [0.2, 0.25) is 0 Å². The van der Waals surface area contributed by atoms with Crippen LogP contribution < -0.4 is 10.1 Å². The van der Waals surface area contributed by atoms with Crippen LogP contribution in [0.4, 0.5) is 0 Å². The predicted octanol–water partition coefficient (Wildman–Crippen LogP) is 2.30. The molecule has 1 fully saturated rings. The number of carbonyl (C=O) groups is 2. The lowest BCUT2D eigenvalue weighted by atomic mass is 9.85. The molecule has 0 unspecified atom stereocenters. The largest absolute Gasteiger partial charge is 0.481 e. The molecule has 1 aromatic carbocycles. The van der Waals surface area contributed by atoms with E-state index in [4.69, 9.17) is 9.84 Å². The normalized spacial score (nSPS) is 14.4. The van der Waals surface area contributed by atoms with Gasteiger partial charge in [0.15, 0.2) is 6.61 Å². The highest BCUT2D eigenvalue weighted by atomic mass is 16.5. The zero-order chi connectivity index (χ0) is 15.4. The zero-order valence-electron chi connectivity index (χ0n) is 12.4. The molecule has 5 heteroatoms. The molecule has 21 heavy (non-hydrogen) atoms. The number of nitrogens with one attached hydrogen (secondary N) is 1. The molecule has 0 aliphatic heterocycles. The van der Waals surface area contributed by atoms with E-state index < -0.39 is 5.97 Å². The van der Waals surface area contributed by atoms with Gasteiger partial charge >= 0.3 is 5.97 Å². The van der Waals surface area contributed by atoms with Gasteiger partial charge in [-0.15, -0.1) is 0 Å². The van der Waals surface area contributed by atoms with Crippen LogP contribution in [0.5, 0.6) is 5.75 Å². The Bertz CT molecular complexity index is 526. The van der Waals surface area contributed by atoms with Crippen molar-refractivity contribution < 1.29 is 19.4 Å². The first-order valence-electron chi connectivity index (χ1n) is 7.21. The number of aliphatic carboxylic acids is 1. The van der Waals surface area contributed by atoms with Gasteiger partial charge in [0.25, 0.3) is 5.91 Å². The second kappa shape index (κ2) is 6.61. The fourth-order valence-corrected chi connectivity index (χ4v) is 2.48. The van der Waals surface area contributed by atoms with Gasteiger partial charge in [-0.2, -0.15) is 0 Å². The van der Waals surface area contributed by atoms with Crippen LogP contribution in [-0.4, -0.2) is 30.1 Å². The molecule has 0 spiro atoms. The first-order valence-corrected chi connectivity index (χ1v) is 7.21. The summed E-state index contributed by atoms with van der Waals surface area (Å²) in [4.78, 5) is 22.7. The van der Waals surface area contributed by atoms with E-state index in [1.807, 2.05) is 13.8 Å². The van der Waals surface area contributed by atoms with E-state index in [1.54, 1.807) is 12.1 Å². The molecule has 0 saturated heterocycles. The Labute approximate surface area is 124 Å². The summed E-state index contributed by atoms with van der Waals surface area (Å²) in [5.41, 5.74) is 2.13. The lowest BCUT2D eigenvalue weighted by Gasteiger charge is -2.25. The molecule has 1 aromatic rings. The molecule has 0 atom stereocenters. The van der Waals surface area contributed by atoms with E-state index in [1.165, 1.54) is 19.3 Å². The number of aryl methyl sites for hydroxylation is 2. The fourth-order valence-electron chi connectivity index (χ4n) is 2.48. The summed E-state index contributed by atoms with van der Waals surface area (Å²) in [6.07, 6.45) is 3.65. The van der Waals surface area contributed by atoms with Crippen molar-refractivity contribution in [1.29, 1.82) is 0 Å². The highest BCUT2D eigenvalue weighted by Crippen LogP contribution is 2.26. The molecule has 0 bridgehead atoms. The lowest BCUT2D eigenvalue weighted by molar-refractivity contribution is -0.139.